The Balaban J connectivity index is 1.91. The molecule has 0 bridgehead atoms. The molecule has 0 spiro atoms. The van der Waals surface area contributed by atoms with Gasteiger partial charge in [-0.1, -0.05) is 11.6 Å². The summed E-state index contributed by atoms with van der Waals surface area (Å²) in [5, 5.41) is 3.53. The summed E-state index contributed by atoms with van der Waals surface area (Å²) >= 11 is 0. The molecule has 0 saturated carbocycles. The first-order valence-electron chi connectivity index (χ1n) is 6.15. The number of carbonyl (C=O) groups excluding carboxylic acids is 1. The number of nitrogens with zero attached hydrogens (tertiary/aromatic N) is 1. The minimum atomic E-state index is -0.371. The zero-order valence-corrected chi connectivity index (χ0v) is 10.9. The summed E-state index contributed by atoms with van der Waals surface area (Å²) in [4.78, 5) is 16.1. The van der Waals surface area contributed by atoms with E-state index >= 15 is 0 Å². The number of furan rings is 1. The highest BCUT2D eigenvalue weighted by atomic mass is 16.3. The number of benzene rings is 1. The van der Waals surface area contributed by atoms with E-state index in [1.807, 2.05) is 25.1 Å². The predicted octanol–water partition coefficient (Wildman–Crippen LogP) is 2.97. The van der Waals surface area contributed by atoms with Gasteiger partial charge in [0.1, 0.15) is 5.58 Å². The molecule has 1 aromatic carbocycles. The Morgan fingerprint density at radius 2 is 2.15 bits per heavy atom. The van der Waals surface area contributed by atoms with Crippen molar-refractivity contribution in [1.82, 2.24) is 4.98 Å². The van der Waals surface area contributed by atoms with Crippen LogP contribution in [0, 0.1) is 6.92 Å². The number of nitrogen functional groups attached to an aromatic ring is 1. The number of hydrogen-bond acceptors (Lipinski definition) is 4. The summed E-state index contributed by atoms with van der Waals surface area (Å²) < 4.78 is 5.52. The van der Waals surface area contributed by atoms with Crippen LogP contribution in [0.2, 0.25) is 0 Å². The van der Waals surface area contributed by atoms with Gasteiger partial charge in [-0.3, -0.25) is 4.79 Å². The number of rotatable bonds is 2. The van der Waals surface area contributed by atoms with Gasteiger partial charge in [0.05, 0.1) is 5.69 Å². The van der Waals surface area contributed by atoms with Crippen molar-refractivity contribution < 1.29 is 9.21 Å². The van der Waals surface area contributed by atoms with Gasteiger partial charge in [-0.25, -0.2) is 4.98 Å². The van der Waals surface area contributed by atoms with Gasteiger partial charge in [-0.15, -0.1) is 0 Å². The topological polar surface area (TPSA) is 81.2 Å². The van der Waals surface area contributed by atoms with Crippen LogP contribution in [-0.4, -0.2) is 10.9 Å². The lowest BCUT2D eigenvalue weighted by Gasteiger charge is -2.04. The summed E-state index contributed by atoms with van der Waals surface area (Å²) in [6.45, 7) is 1.99. The molecule has 0 aliphatic carbocycles. The van der Waals surface area contributed by atoms with Crippen LogP contribution >= 0.6 is 0 Å². The van der Waals surface area contributed by atoms with Crippen LogP contribution in [-0.2, 0) is 0 Å². The molecule has 0 unspecified atom stereocenters. The number of fused-ring (bicyclic) bond motifs is 1. The van der Waals surface area contributed by atoms with Gasteiger partial charge in [0.2, 0.25) is 0 Å². The molecule has 0 radical (unpaired) electrons. The van der Waals surface area contributed by atoms with Crippen LogP contribution in [0.25, 0.3) is 11.0 Å². The van der Waals surface area contributed by atoms with Gasteiger partial charge in [0.25, 0.3) is 5.91 Å². The van der Waals surface area contributed by atoms with E-state index in [0.717, 1.165) is 10.9 Å². The molecule has 0 fully saturated rings. The molecule has 0 atom stereocenters. The summed E-state index contributed by atoms with van der Waals surface area (Å²) in [6.07, 6.45) is 1.56. The first-order chi connectivity index (χ1) is 9.63. The SMILES string of the molecule is Cc1ccc2oc(C(=O)Nc3ncccc3N)cc2c1. The average molecular weight is 267 g/mol. The second kappa shape index (κ2) is 4.70. The Kier molecular flexibility index (Phi) is 2.87. The second-order valence-corrected chi connectivity index (χ2v) is 4.55. The Morgan fingerprint density at radius 3 is 2.95 bits per heavy atom. The Labute approximate surface area is 115 Å². The third-order valence-corrected chi connectivity index (χ3v) is 2.97. The van der Waals surface area contributed by atoms with Crippen LogP contribution in [0.15, 0.2) is 47.0 Å². The number of carbonyl (C=O) groups is 1. The minimum absolute atomic E-state index is 0.232. The lowest BCUT2D eigenvalue weighted by Crippen LogP contribution is -2.13. The molecule has 3 aromatic rings. The first-order valence-corrected chi connectivity index (χ1v) is 6.15. The molecule has 0 aliphatic heterocycles. The summed E-state index contributed by atoms with van der Waals surface area (Å²) in [5.74, 6) is 0.189. The van der Waals surface area contributed by atoms with Gasteiger partial charge in [-0.05, 0) is 37.3 Å². The van der Waals surface area contributed by atoms with E-state index in [9.17, 15) is 4.79 Å². The van der Waals surface area contributed by atoms with Crippen molar-refractivity contribution in [3.8, 4) is 0 Å². The van der Waals surface area contributed by atoms with Crippen molar-refractivity contribution in [2.24, 2.45) is 0 Å². The average Bonchev–Trinajstić information content (AvgIpc) is 2.84. The van der Waals surface area contributed by atoms with Crippen LogP contribution < -0.4 is 11.1 Å². The van der Waals surface area contributed by atoms with Crippen molar-refractivity contribution in [2.45, 2.75) is 6.92 Å². The molecule has 3 rings (SSSR count). The maximum atomic E-state index is 12.1. The van der Waals surface area contributed by atoms with Crippen molar-refractivity contribution in [3.63, 3.8) is 0 Å². The molecule has 2 aromatic heterocycles. The molecule has 1 amide bonds. The molecule has 0 aliphatic rings. The summed E-state index contributed by atoms with van der Waals surface area (Å²) in [7, 11) is 0. The fourth-order valence-corrected chi connectivity index (χ4v) is 1.97. The highest BCUT2D eigenvalue weighted by Gasteiger charge is 2.14. The van der Waals surface area contributed by atoms with E-state index in [4.69, 9.17) is 10.2 Å². The lowest BCUT2D eigenvalue weighted by molar-refractivity contribution is 0.0998. The third kappa shape index (κ3) is 2.21. The van der Waals surface area contributed by atoms with Crippen LogP contribution in [0.1, 0.15) is 16.1 Å². The normalized spacial score (nSPS) is 10.7. The number of nitrogens with one attached hydrogen (secondary N) is 1. The van der Waals surface area contributed by atoms with E-state index in [2.05, 4.69) is 10.3 Å². The van der Waals surface area contributed by atoms with Gasteiger partial charge >= 0.3 is 0 Å². The molecule has 20 heavy (non-hydrogen) atoms. The van der Waals surface area contributed by atoms with Crippen molar-refractivity contribution in [3.05, 3.63) is 53.9 Å². The molecular weight excluding hydrogens is 254 g/mol. The van der Waals surface area contributed by atoms with Gasteiger partial charge in [-0.2, -0.15) is 0 Å². The summed E-state index contributed by atoms with van der Waals surface area (Å²) in [6, 6.07) is 10.8. The van der Waals surface area contributed by atoms with Crippen LogP contribution in [0.3, 0.4) is 0 Å². The van der Waals surface area contributed by atoms with E-state index in [0.29, 0.717) is 17.1 Å². The van der Waals surface area contributed by atoms with Crippen LogP contribution in [0.5, 0.6) is 0 Å². The number of aromatic nitrogens is 1. The molecule has 2 heterocycles. The molecule has 0 saturated heterocycles. The minimum Gasteiger partial charge on any atom is -0.451 e. The number of hydrogen-bond donors (Lipinski definition) is 2. The monoisotopic (exact) mass is 267 g/mol. The zero-order valence-electron chi connectivity index (χ0n) is 10.9. The Hall–Kier alpha value is -2.82. The number of pyridine rings is 1. The first kappa shape index (κ1) is 12.2. The molecule has 100 valence electrons. The number of nitrogens with two attached hydrogens (primary N) is 1. The fourth-order valence-electron chi connectivity index (χ4n) is 1.97. The van der Waals surface area contributed by atoms with E-state index in [1.54, 1.807) is 24.4 Å². The van der Waals surface area contributed by atoms with Gasteiger partial charge in [0.15, 0.2) is 11.6 Å². The standard InChI is InChI=1S/C15H13N3O2/c1-9-4-5-12-10(7-9)8-13(20-12)15(19)18-14-11(16)3-2-6-17-14/h2-8H,16H2,1H3,(H,17,18,19). The Bertz CT molecular complexity index is 793. The lowest BCUT2D eigenvalue weighted by atomic mass is 10.2. The van der Waals surface area contributed by atoms with E-state index < -0.39 is 0 Å². The highest BCUT2D eigenvalue weighted by molar-refractivity contribution is 6.05. The zero-order chi connectivity index (χ0) is 14.1. The molecule has 5 heteroatoms. The third-order valence-electron chi connectivity index (χ3n) is 2.97. The smallest absolute Gasteiger partial charge is 0.292 e. The predicted molar refractivity (Wildman–Crippen MR) is 77.6 cm³/mol. The van der Waals surface area contributed by atoms with Crippen molar-refractivity contribution in [2.75, 3.05) is 11.1 Å². The highest BCUT2D eigenvalue weighted by Crippen LogP contribution is 2.22. The van der Waals surface area contributed by atoms with Crippen LogP contribution in [0.4, 0.5) is 11.5 Å². The number of amides is 1. The maximum absolute atomic E-state index is 12.1. The van der Waals surface area contributed by atoms with Crippen molar-refractivity contribution >= 4 is 28.4 Å². The molecule has 3 N–H and O–H groups in total. The maximum Gasteiger partial charge on any atom is 0.292 e. The second-order valence-electron chi connectivity index (χ2n) is 4.55. The van der Waals surface area contributed by atoms with E-state index in [1.165, 1.54) is 0 Å². The number of anilines is 2. The molecular formula is C15H13N3O2. The largest absolute Gasteiger partial charge is 0.451 e. The number of aryl methyl sites for hydroxylation is 1. The Morgan fingerprint density at radius 1 is 1.30 bits per heavy atom. The fraction of sp³-hybridized carbons (Fsp3) is 0.0667. The van der Waals surface area contributed by atoms with Gasteiger partial charge in [0, 0.05) is 11.6 Å². The van der Waals surface area contributed by atoms with Crippen molar-refractivity contribution in [1.29, 1.82) is 0 Å². The summed E-state index contributed by atoms with van der Waals surface area (Å²) in [5.41, 5.74) is 7.93. The molecule has 5 nitrogen and oxygen atoms in total. The quantitative estimate of drug-likeness (QED) is 0.748. The van der Waals surface area contributed by atoms with Gasteiger partial charge < -0.3 is 15.5 Å². The van der Waals surface area contributed by atoms with E-state index in [-0.39, 0.29) is 11.7 Å².